The van der Waals surface area contributed by atoms with E-state index in [-0.39, 0.29) is 11.3 Å². The van der Waals surface area contributed by atoms with Gasteiger partial charge in [-0.15, -0.1) is 0 Å². The molecule has 2 heterocycles. The minimum atomic E-state index is 0.0431. The van der Waals surface area contributed by atoms with E-state index in [0.717, 1.165) is 32.6 Å². The van der Waals surface area contributed by atoms with Crippen LogP contribution in [0.5, 0.6) is 5.88 Å². The van der Waals surface area contributed by atoms with Gasteiger partial charge in [0.25, 0.3) is 5.91 Å². The molecule has 0 atom stereocenters. The minimum Gasteiger partial charge on any atom is -0.477 e. The fourth-order valence-corrected chi connectivity index (χ4v) is 3.12. The summed E-state index contributed by atoms with van der Waals surface area (Å²) in [4.78, 5) is 18.7. The van der Waals surface area contributed by atoms with Crippen LogP contribution in [-0.4, -0.2) is 48.6 Å². The molecule has 1 aromatic carbocycles. The number of hydrogen-bond acceptors (Lipinski definition) is 4. The van der Waals surface area contributed by atoms with Gasteiger partial charge in [0.1, 0.15) is 0 Å². The largest absolute Gasteiger partial charge is 0.477 e. The smallest absolute Gasteiger partial charge is 0.254 e. The van der Waals surface area contributed by atoms with Gasteiger partial charge in [0.15, 0.2) is 0 Å². The van der Waals surface area contributed by atoms with E-state index in [0.29, 0.717) is 18.1 Å². The minimum absolute atomic E-state index is 0.0431. The van der Waals surface area contributed by atoms with E-state index in [2.05, 4.69) is 55.3 Å². The van der Waals surface area contributed by atoms with Gasteiger partial charge in [0, 0.05) is 50.4 Å². The first-order valence-corrected chi connectivity index (χ1v) is 9.62. The fraction of sp³-hybridized carbons (Fsp3) is 0.455. The first-order valence-electron chi connectivity index (χ1n) is 9.62. The molecule has 1 aromatic heterocycles. The number of nitrogens with one attached hydrogen (secondary N) is 1. The van der Waals surface area contributed by atoms with Gasteiger partial charge in [-0.25, -0.2) is 4.98 Å². The number of hydrogen-bond donors (Lipinski definition) is 1. The van der Waals surface area contributed by atoms with E-state index in [1.54, 1.807) is 18.3 Å². The molecule has 1 saturated heterocycles. The second-order valence-corrected chi connectivity index (χ2v) is 7.97. The quantitative estimate of drug-likeness (QED) is 0.883. The summed E-state index contributed by atoms with van der Waals surface area (Å²) in [7, 11) is 0. The molecular formula is C22H29N3O2. The molecule has 1 aliphatic rings. The summed E-state index contributed by atoms with van der Waals surface area (Å²) >= 11 is 0. The van der Waals surface area contributed by atoms with Crippen molar-refractivity contribution in [1.82, 2.24) is 15.2 Å². The number of nitrogens with zero attached hydrogens (tertiary/aromatic N) is 2. The Labute approximate surface area is 161 Å². The van der Waals surface area contributed by atoms with E-state index in [1.165, 1.54) is 11.1 Å². The van der Waals surface area contributed by atoms with Crippen molar-refractivity contribution in [2.45, 2.75) is 32.6 Å². The molecule has 1 amide bonds. The SMILES string of the molecule is CC(C)(C)c1ccc(CCOc2cc(C(=O)N3CCNCC3)ccn2)cc1. The molecule has 0 spiro atoms. The van der Waals surface area contributed by atoms with Crippen LogP contribution in [0, 0.1) is 0 Å². The highest BCUT2D eigenvalue weighted by atomic mass is 16.5. The molecule has 5 nitrogen and oxygen atoms in total. The van der Waals surface area contributed by atoms with E-state index in [4.69, 9.17) is 4.74 Å². The van der Waals surface area contributed by atoms with Crippen LogP contribution in [-0.2, 0) is 11.8 Å². The van der Waals surface area contributed by atoms with Crippen LogP contribution in [0.2, 0.25) is 0 Å². The maximum atomic E-state index is 12.6. The zero-order valence-corrected chi connectivity index (χ0v) is 16.5. The molecule has 0 radical (unpaired) electrons. The van der Waals surface area contributed by atoms with Crippen molar-refractivity contribution in [3.8, 4) is 5.88 Å². The predicted molar refractivity (Wildman–Crippen MR) is 107 cm³/mol. The van der Waals surface area contributed by atoms with E-state index in [9.17, 15) is 4.79 Å². The lowest BCUT2D eigenvalue weighted by atomic mass is 9.86. The Morgan fingerprint density at radius 3 is 2.52 bits per heavy atom. The molecule has 0 bridgehead atoms. The van der Waals surface area contributed by atoms with Gasteiger partial charge < -0.3 is 15.0 Å². The molecule has 1 N–H and O–H groups in total. The highest BCUT2D eigenvalue weighted by Crippen LogP contribution is 2.22. The number of rotatable bonds is 5. The molecule has 0 aliphatic carbocycles. The molecule has 27 heavy (non-hydrogen) atoms. The molecule has 1 fully saturated rings. The first kappa shape index (κ1) is 19.4. The molecular weight excluding hydrogens is 338 g/mol. The molecule has 3 rings (SSSR count). The number of aromatic nitrogens is 1. The third-order valence-electron chi connectivity index (χ3n) is 4.85. The maximum absolute atomic E-state index is 12.6. The first-order chi connectivity index (χ1) is 12.9. The van der Waals surface area contributed by atoms with Crippen LogP contribution in [0.25, 0.3) is 0 Å². The maximum Gasteiger partial charge on any atom is 0.254 e. The summed E-state index contributed by atoms with van der Waals surface area (Å²) < 4.78 is 5.79. The third-order valence-corrected chi connectivity index (χ3v) is 4.85. The highest BCUT2D eigenvalue weighted by molar-refractivity contribution is 5.94. The van der Waals surface area contributed by atoms with Crippen LogP contribution in [0.15, 0.2) is 42.6 Å². The van der Waals surface area contributed by atoms with Gasteiger partial charge in [-0.1, -0.05) is 45.0 Å². The zero-order chi connectivity index (χ0) is 19.3. The van der Waals surface area contributed by atoms with E-state index in [1.807, 2.05) is 4.90 Å². The lowest BCUT2D eigenvalue weighted by Gasteiger charge is -2.27. The number of pyridine rings is 1. The summed E-state index contributed by atoms with van der Waals surface area (Å²) in [5.74, 6) is 0.545. The Morgan fingerprint density at radius 1 is 1.15 bits per heavy atom. The Morgan fingerprint density at radius 2 is 1.85 bits per heavy atom. The predicted octanol–water partition coefficient (Wildman–Crippen LogP) is 3.05. The normalized spacial score (nSPS) is 14.9. The average molecular weight is 367 g/mol. The zero-order valence-electron chi connectivity index (χ0n) is 16.5. The number of ether oxygens (including phenoxy) is 1. The van der Waals surface area contributed by atoms with Crippen LogP contribution in [0.4, 0.5) is 0 Å². The van der Waals surface area contributed by atoms with Crippen molar-refractivity contribution >= 4 is 5.91 Å². The van der Waals surface area contributed by atoms with Crippen LogP contribution < -0.4 is 10.1 Å². The Balaban J connectivity index is 1.54. The second kappa shape index (κ2) is 8.53. The Bertz CT molecular complexity index is 760. The van der Waals surface area contributed by atoms with Crippen molar-refractivity contribution in [3.05, 3.63) is 59.3 Å². The molecule has 1 aliphatic heterocycles. The lowest BCUT2D eigenvalue weighted by molar-refractivity contribution is 0.0735. The summed E-state index contributed by atoms with van der Waals surface area (Å²) in [5, 5.41) is 3.26. The van der Waals surface area contributed by atoms with Crippen molar-refractivity contribution in [2.75, 3.05) is 32.8 Å². The Kier molecular flexibility index (Phi) is 6.11. The summed E-state index contributed by atoms with van der Waals surface area (Å²) in [6.45, 7) is 10.3. The molecule has 144 valence electrons. The number of carbonyl (C=O) groups excluding carboxylic acids is 1. The van der Waals surface area contributed by atoms with Crippen molar-refractivity contribution < 1.29 is 9.53 Å². The van der Waals surface area contributed by atoms with Crippen LogP contribution >= 0.6 is 0 Å². The van der Waals surface area contributed by atoms with Gasteiger partial charge in [-0.2, -0.15) is 0 Å². The molecule has 5 heteroatoms. The summed E-state index contributed by atoms with van der Waals surface area (Å²) in [5.41, 5.74) is 3.36. The number of benzene rings is 1. The fourth-order valence-electron chi connectivity index (χ4n) is 3.12. The van der Waals surface area contributed by atoms with E-state index >= 15 is 0 Å². The van der Waals surface area contributed by atoms with Crippen molar-refractivity contribution in [3.63, 3.8) is 0 Å². The molecule has 0 unspecified atom stereocenters. The van der Waals surface area contributed by atoms with E-state index < -0.39 is 0 Å². The lowest BCUT2D eigenvalue weighted by Crippen LogP contribution is -2.46. The highest BCUT2D eigenvalue weighted by Gasteiger charge is 2.18. The summed E-state index contributed by atoms with van der Waals surface area (Å²) in [6, 6.07) is 12.2. The van der Waals surface area contributed by atoms with Gasteiger partial charge in [0.2, 0.25) is 5.88 Å². The van der Waals surface area contributed by atoms with Crippen LogP contribution in [0.1, 0.15) is 42.3 Å². The number of amides is 1. The van der Waals surface area contributed by atoms with Gasteiger partial charge in [-0.3, -0.25) is 4.79 Å². The standard InChI is InChI=1S/C22H29N3O2/c1-22(2,3)19-6-4-17(5-7-19)9-15-27-20-16-18(8-10-24-20)21(26)25-13-11-23-12-14-25/h4-8,10,16,23H,9,11-15H2,1-3H3. The second-order valence-electron chi connectivity index (χ2n) is 7.97. The Hall–Kier alpha value is -2.40. The summed E-state index contributed by atoms with van der Waals surface area (Å²) in [6.07, 6.45) is 2.45. The van der Waals surface area contributed by atoms with Crippen LogP contribution in [0.3, 0.4) is 0 Å². The van der Waals surface area contributed by atoms with Crippen molar-refractivity contribution in [2.24, 2.45) is 0 Å². The van der Waals surface area contributed by atoms with Gasteiger partial charge in [0.05, 0.1) is 6.61 Å². The number of carbonyl (C=O) groups is 1. The topological polar surface area (TPSA) is 54.5 Å². The number of piperazine rings is 1. The monoisotopic (exact) mass is 367 g/mol. The van der Waals surface area contributed by atoms with Gasteiger partial charge in [-0.05, 0) is 22.6 Å². The molecule has 0 saturated carbocycles. The van der Waals surface area contributed by atoms with Gasteiger partial charge >= 0.3 is 0 Å². The third kappa shape index (κ3) is 5.30. The molecule has 2 aromatic rings. The van der Waals surface area contributed by atoms with Crippen molar-refractivity contribution in [1.29, 1.82) is 0 Å². The average Bonchev–Trinajstić information content (AvgIpc) is 2.68.